The van der Waals surface area contributed by atoms with E-state index in [0.717, 1.165) is 25.7 Å². The van der Waals surface area contributed by atoms with Gasteiger partial charge in [0.15, 0.2) is 0 Å². The van der Waals surface area contributed by atoms with Gasteiger partial charge in [-0.15, -0.1) is 22.7 Å². The van der Waals surface area contributed by atoms with Crippen LogP contribution < -0.4 is 10.9 Å². The van der Waals surface area contributed by atoms with Crippen LogP contribution in [0.2, 0.25) is 0 Å². The molecule has 2 aromatic heterocycles. The van der Waals surface area contributed by atoms with Crippen LogP contribution in [0.1, 0.15) is 49.0 Å². The van der Waals surface area contributed by atoms with E-state index < -0.39 is 0 Å². The summed E-state index contributed by atoms with van der Waals surface area (Å²) in [6.45, 7) is 1.04. The predicted molar refractivity (Wildman–Crippen MR) is 105 cm³/mol. The Bertz CT molecular complexity index is 838. The molecule has 2 aromatic rings. The zero-order valence-electron chi connectivity index (χ0n) is 14.8. The summed E-state index contributed by atoms with van der Waals surface area (Å²) in [4.78, 5) is 41.6. The lowest BCUT2D eigenvalue weighted by Crippen LogP contribution is -2.49. The number of hydrogen-bond donors (Lipinski definition) is 2. The van der Waals surface area contributed by atoms with Crippen molar-refractivity contribution in [2.24, 2.45) is 5.92 Å². The number of fused-ring (bicyclic) bond motifs is 1. The molecular formula is C19H21N3O3S2. The van der Waals surface area contributed by atoms with Crippen molar-refractivity contribution in [2.75, 3.05) is 13.1 Å². The van der Waals surface area contributed by atoms with Crippen LogP contribution in [0.3, 0.4) is 0 Å². The molecule has 0 aromatic carbocycles. The highest BCUT2D eigenvalue weighted by Gasteiger charge is 2.29. The van der Waals surface area contributed by atoms with Crippen LogP contribution >= 0.6 is 22.7 Å². The molecule has 142 valence electrons. The van der Waals surface area contributed by atoms with Gasteiger partial charge in [-0.3, -0.25) is 25.2 Å². The van der Waals surface area contributed by atoms with Crippen LogP contribution in [0, 0.1) is 5.92 Å². The molecule has 1 fully saturated rings. The highest BCUT2D eigenvalue weighted by atomic mass is 32.1. The molecule has 1 aliphatic carbocycles. The van der Waals surface area contributed by atoms with E-state index in [4.69, 9.17) is 0 Å². The molecule has 8 heteroatoms. The molecule has 0 radical (unpaired) electrons. The third-order valence-electron chi connectivity index (χ3n) is 5.08. The average molecular weight is 404 g/mol. The summed E-state index contributed by atoms with van der Waals surface area (Å²) in [5, 5.41) is 1.87. The van der Waals surface area contributed by atoms with Crippen molar-refractivity contribution in [1.82, 2.24) is 15.8 Å². The number of nitrogens with one attached hydrogen (secondary N) is 2. The fourth-order valence-corrected chi connectivity index (χ4v) is 5.49. The van der Waals surface area contributed by atoms with Crippen molar-refractivity contribution in [3.05, 3.63) is 43.8 Å². The predicted octanol–water partition coefficient (Wildman–Crippen LogP) is 2.61. The summed E-state index contributed by atoms with van der Waals surface area (Å²) in [5.74, 6) is -0.850. The monoisotopic (exact) mass is 403 g/mol. The van der Waals surface area contributed by atoms with Crippen molar-refractivity contribution < 1.29 is 14.4 Å². The second-order valence-corrected chi connectivity index (χ2v) is 9.01. The fraction of sp³-hybridized carbons (Fsp3) is 0.421. The van der Waals surface area contributed by atoms with E-state index >= 15 is 0 Å². The minimum absolute atomic E-state index is 0.0281. The first-order chi connectivity index (χ1) is 13.1. The SMILES string of the molecule is O=C(NNC(=O)C1CCCN(C(=O)c2cccs2)C1)c1cc2c(s1)CCC2. The summed E-state index contributed by atoms with van der Waals surface area (Å²) in [7, 11) is 0. The van der Waals surface area contributed by atoms with Crippen molar-refractivity contribution in [2.45, 2.75) is 32.1 Å². The maximum atomic E-state index is 12.5. The summed E-state index contributed by atoms with van der Waals surface area (Å²) in [6.07, 6.45) is 4.71. The first-order valence-electron chi connectivity index (χ1n) is 9.16. The number of carbonyl (C=O) groups excluding carboxylic acids is 3. The standard InChI is InChI=1S/C19H21N3O3S2/c23-17(20-21-18(24)16-10-12-4-1-6-14(12)27-16)13-5-2-8-22(11-13)19(25)15-7-3-9-26-15/h3,7,9-10,13H,1-2,4-6,8,11H2,(H,20,23)(H,21,24). The van der Waals surface area contributed by atoms with E-state index in [1.165, 1.54) is 33.1 Å². The van der Waals surface area contributed by atoms with E-state index in [1.54, 1.807) is 11.0 Å². The summed E-state index contributed by atoms with van der Waals surface area (Å²) >= 11 is 2.91. The number of rotatable bonds is 3. The molecular weight excluding hydrogens is 382 g/mol. The van der Waals surface area contributed by atoms with Gasteiger partial charge in [0.05, 0.1) is 15.7 Å². The van der Waals surface area contributed by atoms with Gasteiger partial charge in [-0.1, -0.05) is 6.07 Å². The lowest BCUT2D eigenvalue weighted by molar-refractivity contribution is -0.127. The van der Waals surface area contributed by atoms with Gasteiger partial charge in [-0.05, 0) is 55.2 Å². The molecule has 1 aliphatic heterocycles. The topological polar surface area (TPSA) is 78.5 Å². The maximum Gasteiger partial charge on any atom is 0.279 e. The molecule has 2 N–H and O–H groups in total. The third-order valence-corrected chi connectivity index (χ3v) is 7.17. The Balaban J connectivity index is 1.31. The normalized spacial score (nSPS) is 18.8. The van der Waals surface area contributed by atoms with Crippen LogP contribution in [0.15, 0.2) is 23.6 Å². The first kappa shape index (κ1) is 18.2. The minimum Gasteiger partial charge on any atom is -0.337 e. The molecule has 2 aliphatic rings. The number of likely N-dealkylation sites (tertiary alicyclic amines) is 1. The van der Waals surface area contributed by atoms with Gasteiger partial charge in [-0.25, -0.2) is 0 Å². The molecule has 0 spiro atoms. The number of amides is 3. The highest BCUT2D eigenvalue weighted by molar-refractivity contribution is 7.14. The number of nitrogens with zero attached hydrogens (tertiary/aromatic N) is 1. The van der Waals surface area contributed by atoms with Gasteiger partial charge in [0.1, 0.15) is 0 Å². The van der Waals surface area contributed by atoms with Gasteiger partial charge in [-0.2, -0.15) is 0 Å². The van der Waals surface area contributed by atoms with Crippen molar-refractivity contribution in [1.29, 1.82) is 0 Å². The summed E-state index contributed by atoms with van der Waals surface area (Å²) in [5.41, 5.74) is 6.33. The molecule has 1 atom stereocenters. The Kier molecular flexibility index (Phi) is 5.27. The molecule has 27 heavy (non-hydrogen) atoms. The molecule has 1 saturated heterocycles. The van der Waals surface area contributed by atoms with Crippen molar-refractivity contribution in [3.8, 4) is 0 Å². The number of hydrogen-bond acceptors (Lipinski definition) is 5. The van der Waals surface area contributed by atoms with Crippen LogP contribution in [0.25, 0.3) is 0 Å². The quantitative estimate of drug-likeness (QED) is 0.774. The Morgan fingerprint density at radius 2 is 2.00 bits per heavy atom. The van der Waals surface area contributed by atoms with Gasteiger partial charge >= 0.3 is 0 Å². The molecule has 0 bridgehead atoms. The molecule has 1 unspecified atom stereocenters. The van der Waals surface area contributed by atoms with E-state index in [-0.39, 0.29) is 23.6 Å². The van der Waals surface area contributed by atoms with E-state index in [0.29, 0.717) is 29.3 Å². The molecule has 6 nitrogen and oxygen atoms in total. The number of aryl methyl sites for hydroxylation is 2. The number of thiophene rings is 2. The average Bonchev–Trinajstić information content (AvgIpc) is 3.42. The van der Waals surface area contributed by atoms with Crippen LogP contribution in [0.4, 0.5) is 0 Å². The van der Waals surface area contributed by atoms with Crippen molar-refractivity contribution >= 4 is 40.4 Å². The van der Waals surface area contributed by atoms with Gasteiger partial charge < -0.3 is 4.90 Å². The largest absolute Gasteiger partial charge is 0.337 e. The molecule has 4 rings (SSSR count). The van der Waals surface area contributed by atoms with Gasteiger partial charge in [0.2, 0.25) is 5.91 Å². The number of hydrazine groups is 1. The Morgan fingerprint density at radius 1 is 1.11 bits per heavy atom. The summed E-state index contributed by atoms with van der Waals surface area (Å²) < 4.78 is 0. The summed E-state index contributed by atoms with van der Waals surface area (Å²) in [6, 6.07) is 5.58. The molecule has 3 amide bonds. The van der Waals surface area contributed by atoms with E-state index in [1.807, 2.05) is 17.5 Å². The van der Waals surface area contributed by atoms with Crippen LogP contribution in [0.5, 0.6) is 0 Å². The van der Waals surface area contributed by atoms with Crippen molar-refractivity contribution in [3.63, 3.8) is 0 Å². The highest BCUT2D eigenvalue weighted by Crippen LogP contribution is 2.30. The number of carbonyl (C=O) groups is 3. The maximum absolute atomic E-state index is 12.5. The lowest BCUT2D eigenvalue weighted by atomic mass is 9.97. The van der Waals surface area contributed by atoms with Crippen LogP contribution in [-0.4, -0.2) is 35.7 Å². The van der Waals surface area contributed by atoms with E-state index in [9.17, 15) is 14.4 Å². The lowest BCUT2D eigenvalue weighted by Gasteiger charge is -2.31. The van der Waals surface area contributed by atoms with Crippen LogP contribution in [-0.2, 0) is 17.6 Å². The minimum atomic E-state index is -0.309. The number of piperidine rings is 1. The smallest absolute Gasteiger partial charge is 0.279 e. The fourth-order valence-electron chi connectivity index (χ4n) is 3.65. The third kappa shape index (κ3) is 3.91. The molecule has 0 saturated carbocycles. The second-order valence-electron chi connectivity index (χ2n) is 6.92. The zero-order chi connectivity index (χ0) is 18.8. The first-order valence-corrected chi connectivity index (χ1v) is 10.9. The Labute approximate surface area is 165 Å². The Morgan fingerprint density at radius 3 is 2.78 bits per heavy atom. The van der Waals surface area contributed by atoms with Gasteiger partial charge in [0, 0.05) is 18.0 Å². The van der Waals surface area contributed by atoms with E-state index in [2.05, 4.69) is 10.9 Å². The molecule has 3 heterocycles. The van der Waals surface area contributed by atoms with Gasteiger partial charge in [0.25, 0.3) is 11.8 Å². The Hall–Kier alpha value is -2.19. The zero-order valence-corrected chi connectivity index (χ0v) is 16.5. The second kappa shape index (κ2) is 7.82.